The van der Waals surface area contributed by atoms with Crippen LogP contribution in [0, 0.1) is 5.41 Å². The van der Waals surface area contributed by atoms with Gasteiger partial charge in [0.25, 0.3) is 0 Å². The third-order valence-electron chi connectivity index (χ3n) is 3.87. The molecular weight excluding hydrogens is 300 g/mol. The van der Waals surface area contributed by atoms with Crippen LogP contribution >= 0.6 is 15.9 Å². The van der Waals surface area contributed by atoms with E-state index in [1.807, 2.05) is 7.05 Å². The summed E-state index contributed by atoms with van der Waals surface area (Å²) in [5.74, 6) is 0. The summed E-state index contributed by atoms with van der Waals surface area (Å²) < 4.78 is 1.24. The summed E-state index contributed by atoms with van der Waals surface area (Å²) in [6, 6.07) is 6.73. The largest absolute Gasteiger partial charge is 0.316 e. The Balaban J connectivity index is 2.02. The van der Waals surface area contributed by atoms with Gasteiger partial charge in [0.15, 0.2) is 0 Å². The number of piperidine rings is 1. The molecule has 1 aliphatic heterocycles. The average molecular weight is 325 g/mol. The van der Waals surface area contributed by atoms with E-state index in [-0.39, 0.29) is 0 Å². The Kier molecular flexibility index (Phi) is 5.04. The van der Waals surface area contributed by atoms with Crippen LogP contribution in [0.4, 0.5) is 0 Å². The van der Waals surface area contributed by atoms with E-state index in [0.29, 0.717) is 5.41 Å². The van der Waals surface area contributed by atoms with Crippen molar-refractivity contribution in [1.29, 1.82) is 0 Å². The Morgan fingerprint density at radius 1 is 1.37 bits per heavy atom. The van der Waals surface area contributed by atoms with Crippen molar-refractivity contribution in [2.75, 3.05) is 20.1 Å². The molecule has 0 aliphatic carbocycles. The van der Waals surface area contributed by atoms with E-state index < -0.39 is 0 Å². The van der Waals surface area contributed by atoms with Crippen LogP contribution in [0.5, 0.6) is 0 Å². The lowest BCUT2D eigenvalue weighted by Crippen LogP contribution is -2.39. The minimum atomic E-state index is 0.469. The zero-order chi connectivity index (χ0) is 13.9. The van der Waals surface area contributed by atoms with Crippen LogP contribution < -0.4 is 5.32 Å². The minimum Gasteiger partial charge on any atom is -0.316 e. The monoisotopic (exact) mass is 324 g/mol. The van der Waals surface area contributed by atoms with Crippen LogP contribution in [-0.2, 0) is 13.1 Å². The van der Waals surface area contributed by atoms with Crippen molar-refractivity contribution in [1.82, 2.24) is 10.2 Å². The first kappa shape index (κ1) is 15.0. The highest BCUT2D eigenvalue weighted by atomic mass is 79.9. The maximum atomic E-state index is 3.72. The van der Waals surface area contributed by atoms with Crippen molar-refractivity contribution in [2.24, 2.45) is 5.41 Å². The highest BCUT2D eigenvalue weighted by Crippen LogP contribution is 2.30. The van der Waals surface area contributed by atoms with Crippen LogP contribution in [-0.4, -0.2) is 25.0 Å². The van der Waals surface area contributed by atoms with E-state index in [1.165, 1.54) is 41.5 Å². The van der Waals surface area contributed by atoms with Crippen molar-refractivity contribution in [2.45, 2.75) is 39.8 Å². The van der Waals surface area contributed by atoms with Crippen LogP contribution in [0.2, 0.25) is 0 Å². The smallest absolute Gasteiger partial charge is 0.0245 e. The maximum absolute atomic E-state index is 3.72. The molecule has 1 aliphatic rings. The molecule has 1 heterocycles. The fourth-order valence-corrected chi connectivity index (χ4v) is 3.51. The van der Waals surface area contributed by atoms with E-state index in [0.717, 1.165) is 13.1 Å². The lowest BCUT2D eigenvalue weighted by Gasteiger charge is -2.38. The van der Waals surface area contributed by atoms with Gasteiger partial charge in [-0.2, -0.15) is 0 Å². The Morgan fingerprint density at radius 3 is 2.79 bits per heavy atom. The van der Waals surface area contributed by atoms with Crippen LogP contribution in [0.1, 0.15) is 37.8 Å². The Labute approximate surface area is 125 Å². The van der Waals surface area contributed by atoms with E-state index in [9.17, 15) is 0 Å². The molecule has 0 bridgehead atoms. The number of likely N-dealkylation sites (tertiary alicyclic amines) is 1. The summed E-state index contributed by atoms with van der Waals surface area (Å²) in [6.45, 7) is 9.18. The van der Waals surface area contributed by atoms with Crippen LogP contribution in [0.25, 0.3) is 0 Å². The highest BCUT2D eigenvalue weighted by molar-refractivity contribution is 9.10. The minimum absolute atomic E-state index is 0.469. The SMILES string of the molecule is CNCc1ccc(CN2CCCC(C)(C)C2)c(Br)c1. The average Bonchev–Trinajstić information content (AvgIpc) is 2.32. The zero-order valence-electron chi connectivity index (χ0n) is 12.3. The molecule has 1 saturated heterocycles. The fraction of sp³-hybridized carbons (Fsp3) is 0.625. The van der Waals surface area contributed by atoms with Gasteiger partial charge in [-0.25, -0.2) is 0 Å². The van der Waals surface area contributed by atoms with Gasteiger partial charge >= 0.3 is 0 Å². The van der Waals surface area contributed by atoms with Gasteiger partial charge in [-0.05, 0) is 49.0 Å². The molecule has 1 fully saturated rings. The molecule has 2 nitrogen and oxygen atoms in total. The summed E-state index contributed by atoms with van der Waals surface area (Å²) in [7, 11) is 1.98. The van der Waals surface area contributed by atoms with Gasteiger partial charge in [0.2, 0.25) is 0 Å². The van der Waals surface area contributed by atoms with Gasteiger partial charge in [0, 0.05) is 24.1 Å². The first-order chi connectivity index (χ1) is 9.00. The zero-order valence-corrected chi connectivity index (χ0v) is 13.9. The summed E-state index contributed by atoms with van der Waals surface area (Å²) >= 11 is 3.72. The van der Waals surface area contributed by atoms with Crippen LogP contribution in [0.3, 0.4) is 0 Å². The quantitative estimate of drug-likeness (QED) is 0.906. The van der Waals surface area contributed by atoms with Gasteiger partial charge < -0.3 is 5.32 Å². The molecule has 0 radical (unpaired) electrons. The normalized spacial score (nSPS) is 19.6. The molecule has 0 unspecified atom stereocenters. The number of halogens is 1. The number of nitrogens with zero attached hydrogens (tertiary/aromatic N) is 1. The maximum Gasteiger partial charge on any atom is 0.0245 e. The standard InChI is InChI=1S/C16H25BrN2/c1-16(2)7-4-8-19(12-16)11-14-6-5-13(10-18-3)9-15(14)17/h5-6,9,18H,4,7-8,10-12H2,1-3H3. The van der Waals surface area contributed by atoms with Gasteiger partial charge in [0.05, 0.1) is 0 Å². The third-order valence-corrected chi connectivity index (χ3v) is 4.61. The van der Waals surface area contributed by atoms with Crippen LogP contribution in [0.15, 0.2) is 22.7 Å². The molecule has 2 rings (SSSR count). The molecule has 0 atom stereocenters. The molecule has 1 N–H and O–H groups in total. The van der Waals surface area contributed by atoms with Gasteiger partial charge in [-0.1, -0.05) is 41.9 Å². The number of nitrogens with one attached hydrogen (secondary N) is 1. The van der Waals surface area contributed by atoms with Crippen molar-refractivity contribution in [3.05, 3.63) is 33.8 Å². The van der Waals surface area contributed by atoms with Gasteiger partial charge in [-0.3, -0.25) is 4.90 Å². The summed E-state index contributed by atoms with van der Waals surface area (Å²) in [6.07, 6.45) is 2.67. The third kappa shape index (κ3) is 4.30. The lowest BCUT2D eigenvalue weighted by atomic mass is 9.84. The molecule has 0 aromatic heterocycles. The van der Waals surface area contributed by atoms with Crippen molar-refractivity contribution < 1.29 is 0 Å². The number of hydrogen-bond donors (Lipinski definition) is 1. The molecule has 0 amide bonds. The Hall–Kier alpha value is -0.380. The predicted octanol–water partition coefficient (Wildman–Crippen LogP) is 3.79. The summed E-state index contributed by atoms with van der Waals surface area (Å²) in [5, 5.41) is 3.19. The van der Waals surface area contributed by atoms with Crippen molar-refractivity contribution in [3.8, 4) is 0 Å². The number of rotatable bonds is 4. The first-order valence-corrected chi connectivity index (χ1v) is 7.94. The molecular formula is C16H25BrN2. The predicted molar refractivity (Wildman–Crippen MR) is 85.2 cm³/mol. The fourth-order valence-electron chi connectivity index (χ4n) is 2.95. The molecule has 3 heteroatoms. The molecule has 0 saturated carbocycles. The second-order valence-corrected chi connectivity index (χ2v) is 7.29. The number of hydrogen-bond acceptors (Lipinski definition) is 2. The molecule has 106 valence electrons. The van der Waals surface area contributed by atoms with Gasteiger partial charge in [-0.15, -0.1) is 0 Å². The first-order valence-electron chi connectivity index (χ1n) is 7.14. The van der Waals surface area contributed by atoms with E-state index >= 15 is 0 Å². The van der Waals surface area contributed by atoms with E-state index in [4.69, 9.17) is 0 Å². The Bertz CT molecular complexity index is 429. The van der Waals surface area contributed by atoms with E-state index in [1.54, 1.807) is 0 Å². The molecule has 0 spiro atoms. The number of benzene rings is 1. The molecule has 1 aromatic carbocycles. The van der Waals surface area contributed by atoms with Crippen molar-refractivity contribution >= 4 is 15.9 Å². The highest BCUT2D eigenvalue weighted by Gasteiger charge is 2.26. The summed E-state index contributed by atoms with van der Waals surface area (Å²) in [4.78, 5) is 2.58. The second kappa shape index (κ2) is 6.38. The Morgan fingerprint density at radius 2 is 2.16 bits per heavy atom. The molecule has 1 aromatic rings. The lowest BCUT2D eigenvalue weighted by molar-refractivity contribution is 0.111. The van der Waals surface area contributed by atoms with Gasteiger partial charge in [0.1, 0.15) is 0 Å². The topological polar surface area (TPSA) is 15.3 Å². The van der Waals surface area contributed by atoms with Crippen molar-refractivity contribution in [3.63, 3.8) is 0 Å². The molecule has 19 heavy (non-hydrogen) atoms. The second-order valence-electron chi connectivity index (χ2n) is 6.43. The van der Waals surface area contributed by atoms with E-state index in [2.05, 4.69) is 58.2 Å². The summed E-state index contributed by atoms with van der Waals surface area (Å²) in [5.41, 5.74) is 3.20.